The largest absolute Gasteiger partial charge is 0.344 e. The van der Waals surface area contributed by atoms with Crippen LogP contribution in [0.25, 0.3) is 0 Å². The Morgan fingerprint density at radius 2 is 1.73 bits per heavy atom. The second-order valence-corrected chi connectivity index (χ2v) is 7.83. The quantitative estimate of drug-likeness (QED) is 0.748. The zero-order chi connectivity index (χ0) is 11.3. The van der Waals surface area contributed by atoms with Crippen LogP contribution in [0.2, 0.25) is 0 Å². The predicted octanol–water partition coefficient (Wildman–Crippen LogP) is 1.74. The third-order valence-electron chi connectivity index (χ3n) is 3.21. The minimum atomic E-state index is -0.830. The van der Waals surface area contributed by atoms with Gasteiger partial charge in [0, 0.05) is 29.9 Å². The Hall–Kier alpha value is 0.420. The number of hydrogen-bond acceptors (Lipinski definition) is 4. The molecule has 0 spiro atoms. The molecule has 1 heterocycles. The highest BCUT2D eigenvalue weighted by atomic mass is 32.2. The first kappa shape index (κ1) is 11.9. The molecule has 0 amide bonds. The fourth-order valence-electron chi connectivity index (χ4n) is 2.47. The van der Waals surface area contributed by atoms with Crippen LogP contribution in [0.3, 0.4) is 0 Å². The molecule has 2 rings (SSSR count). The third-order valence-corrected chi connectivity index (χ3v) is 6.87. The summed E-state index contributed by atoms with van der Waals surface area (Å²) in [4.78, 5) is 0. The maximum Gasteiger partial charge on any atom is 0.163 e. The molecule has 2 fully saturated rings. The van der Waals surface area contributed by atoms with Gasteiger partial charge in [-0.2, -0.15) is 0 Å². The normalized spacial score (nSPS) is 38.9. The SMILES string of the molecule is CSC1(S(C)=O)C[C@H]2OC(C)(C)O[C@@H]2C1. The van der Waals surface area contributed by atoms with Gasteiger partial charge in [0.25, 0.3) is 0 Å². The number of ether oxygens (including phenoxy) is 2. The van der Waals surface area contributed by atoms with Gasteiger partial charge in [-0.25, -0.2) is 0 Å². The lowest BCUT2D eigenvalue weighted by Crippen LogP contribution is -2.31. The van der Waals surface area contributed by atoms with Crippen LogP contribution in [0, 0.1) is 0 Å². The fraction of sp³-hybridized carbons (Fsp3) is 1.00. The molecular weight excluding hydrogens is 232 g/mol. The molecule has 88 valence electrons. The molecule has 1 saturated heterocycles. The molecule has 0 radical (unpaired) electrons. The first-order valence-corrected chi connectivity index (χ1v) is 7.91. The lowest BCUT2D eigenvalue weighted by Gasteiger charge is -2.27. The maximum absolute atomic E-state index is 11.8. The van der Waals surface area contributed by atoms with Crippen LogP contribution < -0.4 is 0 Å². The fourth-order valence-corrected chi connectivity index (χ4v) is 4.87. The van der Waals surface area contributed by atoms with E-state index in [0.717, 1.165) is 12.8 Å². The molecule has 0 aromatic rings. The van der Waals surface area contributed by atoms with E-state index in [1.807, 2.05) is 20.1 Å². The number of rotatable bonds is 2. The molecule has 3 atom stereocenters. The van der Waals surface area contributed by atoms with Crippen LogP contribution >= 0.6 is 11.8 Å². The summed E-state index contributed by atoms with van der Waals surface area (Å²) in [7, 11) is -0.830. The molecule has 2 aliphatic rings. The highest BCUT2D eigenvalue weighted by molar-refractivity contribution is 8.11. The van der Waals surface area contributed by atoms with Crippen LogP contribution in [-0.2, 0) is 20.3 Å². The summed E-state index contributed by atoms with van der Waals surface area (Å²) in [6.45, 7) is 3.88. The standard InChI is InChI=1S/C10H18O3S2/c1-9(2)12-7-5-10(14-3,15(4)11)6-8(7)13-9/h7-8H,5-6H2,1-4H3/t7-,8-,15?/m1/s1. The Bertz CT molecular complexity index is 274. The van der Waals surface area contributed by atoms with Crippen LogP contribution in [0.1, 0.15) is 26.7 Å². The van der Waals surface area contributed by atoms with Crippen LogP contribution in [0.15, 0.2) is 0 Å². The van der Waals surface area contributed by atoms with Crippen LogP contribution in [0.5, 0.6) is 0 Å². The molecule has 0 aromatic carbocycles. The Labute approximate surface area is 97.7 Å². The van der Waals surface area contributed by atoms with Gasteiger partial charge in [-0.3, -0.25) is 4.21 Å². The number of hydrogen-bond donors (Lipinski definition) is 0. The van der Waals surface area contributed by atoms with Crippen LogP contribution in [0.4, 0.5) is 0 Å². The summed E-state index contributed by atoms with van der Waals surface area (Å²) in [6.07, 6.45) is 5.72. The van der Waals surface area contributed by atoms with Crippen molar-refractivity contribution in [2.75, 3.05) is 12.5 Å². The summed E-state index contributed by atoms with van der Waals surface area (Å²) in [5, 5.41) is 0. The summed E-state index contributed by atoms with van der Waals surface area (Å²) in [6, 6.07) is 0. The summed E-state index contributed by atoms with van der Waals surface area (Å²) >= 11 is 1.68. The van der Waals surface area contributed by atoms with Crippen molar-refractivity contribution in [1.29, 1.82) is 0 Å². The van der Waals surface area contributed by atoms with Gasteiger partial charge in [0.1, 0.15) is 0 Å². The maximum atomic E-state index is 11.8. The number of thioether (sulfide) groups is 1. The summed E-state index contributed by atoms with van der Waals surface area (Å²) in [5.74, 6) is -0.463. The van der Waals surface area contributed by atoms with E-state index in [-0.39, 0.29) is 16.3 Å². The van der Waals surface area contributed by atoms with Gasteiger partial charge in [-0.1, -0.05) is 0 Å². The van der Waals surface area contributed by atoms with Crippen molar-refractivity contribution in [3.63, 3.8) is 0 Å². The molecule has 1 saturated carbocycles. The topological polar surface area (TPSA) is 35.5 Å². The Balaban J connectivity index is 2.13. The van der Waals surface area contributed by atoms with Gasteiger partial charge in [0.2, 0.25) is 0 Å². The van der Waals surface area contributed by atoms with Gasteiger partial charge >= 0.3 is 0 Å². The highest BCUT2D eigenvalue weighted by Gasteiger charge is 2.55. The van der Waals surface area contributed by atoms with Crippen molar-refractivity contribution < 1.29 is 13.7 Å². The van der Waals surface area contributed by atoms with Crippen molar-refractivity contribution in [3.05, 3.63) is 0 Å². The van der Waals surface area contributed by atoms with Gasteiger partial charge in [0.05, 0.1) is 16.3 Å². The summed E-state index contributed by atoms with van der Waals surface area (Å²) < 4.78 is 23.2. The second kappa shape index (κ2) is 3.72. The highest BCUT2D eigenvalue weighted by Crippen LogP contribution is 2.49. The van der Waals surface area contributed by atoms with Gasteiger partial charge in [-0.05, 0) is 20.1 Å². The molecule has 1 unspecified atom stereocenters. The molecule has 5 heteroatoms. The lowest BCUT2D eigenvalue weighted by atomic mass is 10.3. The molecule has 0 N–H and O–H groups in total. The van der Waals surface area contributed by atoms with E-state index >= 15 is 0 Å². The third kappa shape index (κ3) is 1.99. The molecule has 0 aromatic heterocycles. The molecular formula is C10H18O3S2. The molecule has 3 nitrogen and oxygen atoms in total. The van der Waals surface area contributed by atoms with E-state index in [4.69, 9.17) is 9.47 Å². The number of fused-ring (bicyclic) bond motifs is 1. The lowest BCUT2D eigenvalue weighted by molar-refractivity contribution is -0.151. The van der Waals surface area contributed by atoms with Crippen molar-refractivity contribution >= 4 is 22.6 Å². The average Bonchev–Trinajstić information content (AvgIpc) is 2.55. The predicted molar refractivity (Wildman–Crippen MR) is 63.4 cm³/mol. The van der Waals surface area contributed by atoms with E-state index in [1.165, 1.54) is 0 Å². The Morgan fingerprint density at radius 3 is 2.07 bits per heavy atom. The first-order valence-electron chi connectivity index (χ1n) is 5.13. The van der Waals surface area contributed by atoms with Gasteiger partial charge < -0.3 is 9.47 Å². The second-order valence-electron chi connectivity index (χ2n) is 4.69. The minimum absolute atomic E-state index is 0.122. The molecule has 0 bridgehead atoms. The van der Waals surface area contributed by atoms with Gasteiger partial charge in [-0.15, -0.1) is 11.8 Å². The monoisotopic (exact) mass is 250 g/mol. The molecule has 15 heavy (non-hydrogen) atoms. The van der Waals surface area contributed by atoms with Crippen molar-refractivity contribution in [3.8, 4) is 0 Å². The molecule has 1 aliphatic heterocycles. The Kier molecular flexibility index (Phi) is 2.95. The minimum Gasteiger partial charge on any atom is -0.344 e. The molecule has 1 aliphatic carbocycles. The van der Waals surface area contributed by atoms with E-state index in [0.29, 0.717) is 0 Å². The van der Waals surface area contributed by atoms with E-state index in [2.05, 4.69) is 0 Å². The van der Waals surface area contributed by atoms with E-state index in [9.17, 15) is 4.21 Å². The Morgan fingerprint density at radius 1 is 1.27 bits per heavy atom. The van der Waals surface area contributed by atoms with E-state index in [1.54, 1.807) is 18.0 Å². The zero-order valence-electron chi connectivity index (χ0n) is 9.61. The first-order chi connectivity index (χ1) is 6.88. The average molecular weight is 250 g/mol. The summed E-state index contributed by atoms with van der Waals surface area (Å²) in [5.41, 5.74) is 0. The van der Waals surface area contributed by atoms with Gasteiger partial charge in [0.15, 0.2) is 5.79 Å². The van der Waals surface area contributed by atoms with Crippen molar-refractivity contribution in [2.45, 2.75) is 48.8 Å². The van der Waals surface area contributed by atoms with Crippen molar-refractivity contribution in [1.82, 2.24) is 0 Å². The smallest absolute Gasteiger partial charge is 0.163 e. The van der Waals surface area contributed by atoms with Crippen LogP contribution in [-0.4, -0.2) is 38.8 Å². The van der Waals surface area contributed by atoms with Crippen molar-refractivity contribution in [2.24, 2.45) is 0 Å². The van der Waals surface area contributed by atoms with E-state index < -0.39 is 16.6 Å². The zero-order valence-corrected chi connectivity index (χ0v) is 11.2.